The molecule has 17 heavy (non-hydrogen) atoms. The van der Waals surface area contributed by atoms with E-state index in [4.69, 9.17) is 0 Å². The Balaban J connectivity index is 0.00000144. The van der Waals surface area contributed by atoms with E-state index in [0.717, 1.165) is 32.4 Å². The van der Waals surface area contributed by atoms with Crippen molar-refractivity contribution in [3.8, 4) is 0 Å². The number of amides is 1. The van der Waals surface area contributed by atoms with E-state index < -0.39 is 0 Å². The van der Waals surface area contributed by atoms with E-state index in [1.54, 1.807) is 0 Å². The average molecular weight is 261 g/mol. The zero-order valence-corrected chi connectivity index (χ0v) is 11.5. The van der Waals surface area contributed by atoms with Gasteiger partial charge in [-0.15, -0.1) is 12.4 Å². The zero-order valence-electron chi connectivity index (χ0n) is 10.7. The van der Waals surface area contributed by atoms with Gasteiger partial charge in [0.1, 0.15) is 0 Å². The number of carbonyl (C=O) groups excluding carboxylic acids is 1. The minimum atomic E-state index is 0. The predicted molar refractivity (Wildman–Crippen MR) is 72.4 cm³/mol. The minimum absolute atomic E-state index is 0. The molecule has 2 unspecified atom stereocenters. The van der Waals surface area contributed by atoms with Crippen molar-refractivity contribution >= 4 is 18.3 Å². The second-order valence-electron chi connectivity index (χ2n) is 5.42. The van der Waals surface area contributed by atoms with Gasteiger partial charge in [-0.2, -0.15) is 0 Å². The standard InChI is InChI=1S/C13H24N2O.ClH/c1-10-9-14-8-7-12(10)15-13(16)11-5-3-2-4-6-11;/h10-12,14H,2-9H2,1H3,(H,15,16);1H. The summed E-state index contributed by atoms with van der Waals surface area (Å²) in [6.45, 7) is 4.30. The molecule has 3 nitrogen and oxygen atoms in total. The van der Waals surface area contributed by atoms with E-state index in [1.807, 2.05) is 0 Å². The maximum absolute atomic E-state index is 12.1. The highest BCUT2D eigenvalue weighted by atomic mass is 35.5. The van der Waals surface area contributed by atoms with E-state index in [1.165, 1.54) is 19.3 Å². The normalized spacial score (nSPS) is 30.4. The van der Waals surface area contributed by atoms with Crippen LogP contribution in [-0.4, -0.2) is 25.0 Å². The molecule has 0 radical (unpaired) electrons. The Morgan fingerprint density at radius 3 is 2.53 bits per heavy atom. The molecule has 1 amide bonds. The molecule has 0 aromatic heterocycles. The molecule has 2 fully saturated rings. The molecule has 2 atom stereocenters. The highest BCUT2D eigenvalue weighted by molar-refractivity contribution is 5.85. The van der Waals surface area contributed by atoms with Crippen LogP contribution < -0.4 is 10.6 Å². The Labute approximate surface area is 111 Å². The maximum Gasteiger partial charge on any atom is 0.223 e. The fraction of sp³-hybridized carbons (Fsp3) is 0.923. The quantitative estimate of drug-likeness (QED) is 0.799. The molecule has 1 saturated heterocycles. The molecule has 1 heterocycles. The van der Waals surface area contributed by atoms with Crippen LogP contribution in [0.4, 0.5) is 0 Å². The van der Waals surface area contributed by atoms with Gasteiger partial charge in [-0.3, -0.25) is 4.79 Å². The van der Waals surface area contributed by atoms with Crippen LogP contribution in [0.2, 0.25) is 0 Å². The molecule has 0 bridgehead atoms. The number of nitrogens with one attached hydrogen (secondary N) is 2. The summed E-state index contributed by atoms with van der Waals surface area (Å²) in [7, 11) is 0. The first-order chi connectivity index (χ1) is 7.77. The summed E-state index contributed by atoms with van der Waals surface area (Å²) in [6.07, 6.45) is 7.07. The van der Waals surface area contributed by atoms with E-state index >= 15 is 0 Å². The molecule has 1 aliphatic heterocycles. The number of hydrogen-bond donors (Lipinski definition) is 2. The fourth-order valence-corrected chi connectivity index (χ4v) is 2.89. The topological polar surface area (TPSA) is 41.1 Å². The van der Waals surface area contributed by atoms with Crippen molar-refractivity contribution in [2.45, 2.75) is 51.5 Å². The Hall–Kier alpha value is -0.280. The first-order valence-corrected chi connectivity index (χ1v) is 6.78. The summed E-state index contributed by atoms with van der Waals surface area (Å²) < 4.78 is 0. The van der Waals surface area contributed by atoms with Gasteiger partial charge in [0, 0.05) is 12.0 Å². The molecule has 1 aliphatic carbocycles. The molecular weight excluding hydrogens is 236 g/mol. The summed E-state index contributed by atoms with van der Waals surface area (Å²) in [5, 5.41) is 6.63. The Morgan fingerprint density at radius 2 is 1.88 bits per heavy atom. The first-order valence-electron chi connectivity index (χ1n) is 6.78. The third kappa shape index (κ3) is 4.14. The Morgan fingerprint density at radius 1 is 1.18 bits per heavy atom. The lowest BCUT2D eigenvalue weighted by molar-refractivity contribution is -0.127. The minimum Gasteiger partial charge on any atom is -0.353 e. The smallest absolute Gasteiger partial charge is 0.223 e. The van der Waals surface area contributed by atoms with Gasteiger partial charge < -0.3 is 10.6 Å². The molecular formula is C13H25ClN2O. The summed E-state index contributed by atoms with van der Waals surface area (Å²) in [5.74, 6) is 1.19. The van der Waals surface area contributed by atoms with Crippen LogP contribution in [0.5, 0.6) is 0 Å². The summed E-state index contributed by atoms with van der Waals surface area (Å²) in [6, 6.07) is 0.399. The van der Waals surface area contributed by atoms with Crippen LogP contribution in [0.3, 0.4) is 0 Å². The molecule has 2 aliphatic rings. The molecule has 4 heteroatoms. The van der Waals surface area contributed by atoms with E-state index in [-0.39, 0.29) is 12.4 Å². The van der Waals surface area contributed by atoms with Gasteiger partial charge in [-0.05, 0) is 38.3 Å². The van der Waals surface area contributed by atoms with Crippen molar-refractivity contribution in [3.63, 3.8) is 0 Å². The predicted octanol–water partition coefficient (Wildman–Crippen LogP) is 2.10. The Bertz CT molecular complexity index is 242. The Kier molecular flexibility index (Phi) is 6.28. The van der Waals surface area contributed by atoms with Crippen molar-refractivity contribution in [2.75, 3.05) is 13.1 Å². The molecule has 2 rings (SSSR count). The van der Waals surface area contributed by atoms with Crippen molar-refractivity contribution in [1.82, 2.24) is 10.6 Å². The first kappa shape index (κ1) is 14.8. The third-order valence-corrected chi connectivity index (χ3v) is 4.09. The van der Waals surface area contributed by atoms with Crippen molar-refractivity contribution in [2.24, 2.45) is 11.8 Å². The second-order valence-corrected chi connectivity index (χ2v) is 5.42. The fourth-order valence-electron chi connectivity index (χ4n) is 2.89. The molecule has 0 aromatic carbocycles. The maximum atomic E-state index is 12.1. The summed E-state index contributed by atoms with van der Waals surface area (Å²) in [5.41, 5.74) is 0. The summed E-state index contributed by atoms with van der Waals surface area (Å²) >= 11 is 0. The zero-order chi connectivity index (χ0) is 11.4. The third-order valence-electron chi connectivity index (χ3n) is 4.09. The monoisotopic (exact) mass is 260 g/mol. The molecule has 0 spiro atoms. The van der Waals surface area contributed by atoms with Crippen LogP contribution in [0.15, 0.2) is 0 Å². The molecule has 2 N–H and O–H groups in total. The number of halogens is 1. The van der Waals surface area contributed by atoms with Gasteiger partial charge in [0.2, 0.25) is 5.91 Å². The van der Waals surface area contributed by atoms with Gasteiger partial charge in [-0.25, -0.2) is 0 Å². The lowest BCUT2D eigenvalue weighted by atomic mass is 9.87. The van der Waals surface area contributed by atoms with Gasteiger partial charge in [0.25, 0.3) is 0 Å². The van der Waals surface area contributed by atoms with E-state index in [0.29, 0.717) is 23.8 Å². The van der Waals surface area contributed by atoms with Crippen molar-refractivity contribution in [1.29, 1.82) is 0 Å². The number of rotatable bonds is 2. The average Bonchev–Trinajstić information content (AvgIpc) is 2.33. The second kappa shape index (κ2) is 7.22. The number of hydrogen-bond acceptors (Lipinski definition) is 2. The van der Waals surface area contributed by atoms with E-state index in [9.17, 15) is 4.79 Å². The van der Waals surface area contributed by atoms with E-state index in [2.05, 4.69) is 17.6 Å². The van der Waals surface area contributed by atoms with Gasteiger partial charge in [0.15, 0.2) is 0 Å². The lowest BCUT2D eigenvalue weighted by Crippen LogP contribution is -2.50. The van der Waals surface area contributed by atoms with Crippen molar-refractivity contribution in [3.05, 3.63) is 0 Å². The van der Waals surface area contributed by atoms with Crippen molar-refractivity contribution < 1.29 is 4.79 Å². The number of carbonyl (C=O) groups is 1. The van der Waals surface area contributed by atoms with Gasteiger partial charge in [-0.1, -0.05) is 26.2 Å². The van der Waals surface area contributed by atoms with Crippen LogP contribution >= 0.6 is 12.4 Å². The van der Waals surface area contributed by atoms with Gasteiger partial charge in [0.05, 0.1) is 0 Å². The van der Waals surface area contributed by atoms with Crippen LogP contribution in [0, 0.1) is 11.8 Å². The molecule has 100 valence electrons. The molecule has 1 saturated carbocycles. The largest absolute Gasteiger partial charge is 0.353 e. The van der Waals surface area contributed by atoms with Crippen LogP contribution in [-0.2, 0) is 4.79 Å². The SMILES string of the molecule is CC1CNCCC1NC(=O)C1CCCCC1.Cl. The van der Waals surface area contributed by atoms with Crippen LogP contribution in [0.1, 0.15) is 45.4 Å². The van der Waals surface area contributed by atoms with Crippen LogP contribution in [0.25, 0.3) is 0 Å². The molecule has 0 aromatic rings. The highest BCUT2D eigenvalue weighted by Gasteiger charge is 2.27. The number of piperidine rings is 1. The van der Waals surface area contributed by atoms with Gasteiger partial charge >= 0.3 is 0 Å². The highest BCUT2D eigenvalue weighted by Crippen LogP contribution is 2.24. The lowest BCUT2D eigenvalue weighted by Gasteiger charge is -2.32. The summed E-state index contributed by atoms with van der Waals surface area (Å²) in [4.78, 5) is 12.1.